The molecule has 1 aromatic carbocycles. The minimum absolute atomic E-state index is 0.0496. The first-order valence-electron chi connectivity index (χ1n) is 5.51. The molecule has 6 nitrogen and oxygen atoms in total. The fourth-order valence-electron chi connectivity index (χ4n) is 1.37. The summed E-state index contributed by atoms with van der Waals surface area (Å²) in [5.41, 5.74) is -0.0403. The molecule has 0 saturated carbocycles. The number of nitrogens with zero attached hydrogens (tertiary/aromatic N) is 2. The molecule has 7 heteroatoms. The normalized spacial score (nSPS) is 11.7. The topological polar surface area (TPSA) is 96.0 Å². The van der Waals surface area contributed by atoms with E-state index in [1.54, 1.807) is 13.8 Å². The maximum Gasteiger partial charge on any atom is 0.270 e. The zero-order valence-corrected chi connectivity index (χ0v) is 12.0. The van der Waals surface area contributed by atoms with Gasteiger partial charge >= 0.3 is 0 Å². The Labute approximate surface area is 118 Å². The van der Waals surface area contributed by atoms with Crippen LogP contribution in [0, 0.1) is 27.4 Å². The molecule has 0 radical (unpaired) electrons. The van der Waals surface area contributed by atoms with Crippen LogP contribution in [0.5, 0.6) is 0 Å². The smallest absolute Gasteiger partial charge is 0.270 e. The standard InChI is InChI=1S/C12H12BrN3O3/c1-7(2)11(6-14)15-12(17)9-5-8(16(18)19)3-4-10(9)13/h3-5,7,11H,1-2H3,(H,15,17). The average molecular weight is 326 g/mol. The van der Waals surface area contributed by atoms with Gasteiger partial charge in [0.2, 0.25) is 0 Å². The number of carbonyl (C=O) groups excluding carboxylic acids is 1. The van der Waals surface area contributed by atoms with E-state index in [2.05, 4.69) is 21.2 Å². The number of non-ortho nitro benzene ring substituents is 1. The van der Waals surface area contributed by atoms with E-state index in [1.165, 1.54) is 18.2 Å². The minimum Gasteiger partial charge on any atom is -0.336 e. The van der Waals surface area contributed by atoms with Gasteiger partial charge in [-0.05, 0) is 27.9 Å². The Hall–Kier alpha value is -1.94. The van der Waals surface area contributed by atoms with E-state index < -0.39 is 16.9 Å². The summed E-state index contributed by atoms with van der Waals surface area (Å²) in [5.74, 6) is -0.567. The molecule has 1 atom stereocenters. The van der Waals surface area contributed by atoms with Gasteiger partial charge in [0.25, 0.3) is 11.6 Å². The Morgan fingerprint density at radius 3 is 2.63 bits per heavy atom. The van der Waals surface area contributed by atoms with Crippen LogP contribution in [0.15, 0.2) is 22.7 Å². The maximum absolute atomic E-state index is 12.0. The van der Waals surface area contributed by atoms with Gasteiger partial charge in [0, 0.05) is 16.6 Å². The minimum atomic E-state index is -0.640. The lowest BCUT2D eigenvalue weighted by Gasteiger charge is -2.15. The van der Waals surface area contributed by atoms with Gasteiger partial charge in [-0.25, -0.2) is 0 Å². The predicted molar refractivity (Wildman–Crippen MR) is 72.5 cm³/mol. The Balaban J connectivity index is 3.03. The Morgan fingerprint density at radius 2 is 2.16 bits per heavy atom. The zero-order valence-electron chi connectivity index (χ0n) is 10.4. The number of benzene rings is 1. The molecule has 0 bridgehead atoms. The van der Waals surface area contributed by atoms with Gasteiger partial charge in [-0.2, -0.15) is 5.26 Å². The molecular weight excluding hydrogens is 314 g/mol. The number of nitriles is 1. The summed E-state index contributed by atoms with van der Waals surface area (Å²) in [5, 5.41) is 22.1. The van der Waals surface area contributed by atoms with Gasteiger partial charge in [-0.15, -0.1) is 0 Å². The molecule has 1 N–H and O–H groups in total. The van der Waals surface area contributed by atoms with Crippen LogP contribution < -0.4 is 5.32 Å². The second-order valence-electron chi connectivity index (χ2n) is 4.25. The Kier molecular flexibility index (Phi) is 5.01. The fourth-order valence-corrected chi connectivity index (χ4v) is 1.79. The van der Waals surface area contributed by atoms with Gasteiger partial charge in [0.05, 0.1) is 16.6 Å². The molecule has 0 aliphatic rings. The molecule has 0 aromatic heterocycles. The van der Waals surface area contributed by atoms with E-state index in [9.17, 15) is 14.9 Å². The highest BCUT2D eigenvalue weighted by atomic mass is 79.9. The summed E-state index contributed by atoms with van der Waals surface area (Å²) in [7, 11) is 0. The van der Waals surface area contributed by atoms with Crippen molar-refractivity contribution in [1.82, 2.24) is 5.32 Å². The number of hydrogen-bond donors (Lipinski definition) is 1. The van der Waals surface area contributed by atoms with E-state index in [1.807, 2.05) is 6.07 Å². The molecule has 1 unspecified atom stereocenters. The summed E-state index contributed by atoms with van der Waals surface area (Å²) < 4.78 is 0.441. The van der Waals surface area contributed by atoms with Crippen molar-refractivity contribution in [1.29, 1.82) is 5.26 Å². The van der Waals surface area contributed by atoms with Crippen LogP contribution in [0.4, 0.5) is 5.69 Å². The molecule has 0 aliphatic carbocycles. The average Bonchev–Trinajstić information content (AvgIpc) is 2.35. The van der Waals surface area contributed by atoms with Crippen molar-refractivity contribution in [3.8, 4) is 6.07 Å². The van der Waals surface area contributed by atoms with Crippen molar-refractivity contribution < 1.29 is 9.72 Å². The van der Waals surface area contributed by atoms with Crippen LogP contribution in [0.3, 0.4) is 0 Å². The molecule has 1 amide bonds. The van der Waals surface area contributed by atoms with Gasteiger partial charge in [0.15, 0.2) is 0 Å². The van der Waals surface area contributed by atoms with E-state index in [4.69, 9.17) is 5.26 Å². The molecule has 0 aliphatic heterocycles. The lowest BCUT2D eigenvalue weighted by Crippen LogP contribution is -2.37. The molecule has 19 heavy (non-hydrogen) atoms. The molecule has 0 fully saturated rings. The molecule has 100 valence electrons. The monoisotopic (exact) mass is 325 g/mol. The SMILES string of the molecule is CC(C)C(C#N)NC(=O)c1cc([N+](=O)[O-])ccc1Br. The van der Waals surface area contributed by atoms with Gasteiger partial charge in [-0.1, -0.05) is 13.8 Å². The van der Waals surface area contributed by atoms with Crippen molar-refractivity contribution in [3.05, 3.63) is 38.3 Å². The summed E-state index contributed by atoms with van der Waals surface area (Å²) in [6.07, 6.45) is 0. The molecule has 1 rings (SSSR count). The number of nitrogens with one attached hydrogen (secondary N) is 1. The Bertz CT molecular complexity index is 552. The third kappa shape index (κ3) is 3.76. The van der Waals surface area contributed by atoms with Crippen LogP contribution >= 0.6 is 15.9 Å². The van der Waals surface area contributed by atoms with Crippen molar-refractivity contribution in [3.63, 3.8) is 0 Å². The second-order valence-corrected chi connectivity index (χ2v) is 5.10. The number of nitro benzene ring substituents is 1. The highest BCUT2D eigenvalue weighted by molar-refractivity contribution is 9.10. The Morgan fingerprint density at radius 1 is 1.53 bits per heavy atom. The first-order valence-corrected chi connectivity index (χ1v) is 6.30. The van der Waals surface area contributed by atoms with Gasteiger partial charge in [-0.3, -0.25) is 14.9 Å². The van der Waals surface area contributed by atoms with Crippen LogP contribution in [-0.4, -0.2) is 16.9 Å². The molecule has 0 heterocycles. The summed E-state index contributed by atoms with van der Waals surface area (Å²) >= 11 is 3.16. The summed E-state index contributed by atoms with van der Waals surface area (Å²) in [4.78, 5) is 22.1. The largest absolute Gasteiger partial charge is 0.336 e. The zero-order chi connectivity index (χ0) is 14.6. The van der Waals surface area contributed by atoms with Crippen molar-refractivity contribution in [2.45, 2.75) is 19.9 Å². The maximum atomic E-state index is 12.0. The lowest BCUT2D eigenvalue weighted by atomic mass is 10.1. The van der Waals surface area contributed by atoms with E-state index in [0.29, 0.717) is 4.47 Å². The molecule has 1 aromatic rings. The quantitative estimate of drug-likeness (QED) is 0.679. The van der Waals surface area contributed by atoms with Crippen molar-refractivity contribution in [2.24, 2.45) is 5.92 Å². The fraction of sp³-hybridized carbons (Fsp3) is 0.333. The van der Waals surface area contributed by atoms with Gasteiger partial charge < -0.3 is 5.32 Å². The number of nitro groups is 1. The van der Waals surface area contributed by atoms with Crippen LogP contribution in [0.2, 0.25) is 0 Å². The third-order valence-electron chi connectivity index (χ3n) is 2.50. The van der Waals surface area contributed by atoms with Crippen LogP contribution in [-0.2, 0) is 0 Å². The van der Waals surface area contributed by atoms with Crippen LogP contribution in [0.25, 0.3) is 0 Å². The highest BCUT2D eigenvalue weighted by Gasteiger charge is 2.20. The van der Waals surface area contributed by atoms with Gasteiger partial charge in [0.1, 0.15) is 6.04 Å². The summed E-state index contributed by atoms with van der Waals surface area (Å²) in [6.45, 7) is 3.60. The number of carbonyl (C=O) groups is 1. The van der Waals surface area contributed by atoms with Crippen molar-refractivity contribution >= 4 is 27.5 Å². The third-order valence-corrected chi connectivity index (χ3v) is 3.19. The van der Waals surface area contributed by atoms with Crippen molar-refractivity contribution in [2.75, 3.05) is 0 Å². The number of rotatable bonds is 4. The number of amides is 1. The predicted octanol–water partition coefficient (Wildman–Crippen LogP) is 2.64. The first-order chi connectivity index (χ1) is 8.86. The number of halogens is 1. The van der Waals surface area contributed by atoms with E-state index >= 15 is 0 Å². The lowest BCUT2D eigenvalue weighted by molar-refractivity contribution is -0.384. The molecule has 0 saturated heterocycles. The summed E-state index contributed by atoms with van der Waals surface area (Å²) in [6, 6.07) is 5.24. The van der Waals surface area contributed by atoms with Crippen LogP contribution in [0.1, 0.15) is 24.2 Å². The number of hydrogen-bond acceptors (Lipinski definition) is 4. The highest BCUT2D eigenvalue weighted by Crippen LogP contribution is 2.22. The molecule has 0 spiro atoms. The molecular formula is C12H12BrN3O3. The second kappa shape index (κ2) is 6.29. The van der Waals surface area contributed by atoms with E-state index in [0.717, 1.165) is 0 Å². The van der Waals surface area contributed by atoms with E-state index in [-0.39, 0.29) is 17.2 Å². The first kappa shape index (κ1) is 15.1.